The molecule has 0 atom stereocenters. The van der Waals surface area contributed by atoms with E-state index in [4.69, 9.17) is 0 Å². The first-order chi connectivity index (χ1) is 7.59. The highest BCUT2D eigenvalue weighted by Crippen LogP contribution is 2.17. The first-order valence-electron chi connectivity index (χ1n) is 4.76. The maximum atomic E-state index is 11.3. The minimum atomic E-state index is 0.0201. The number of halogens is 1. The number of rotatable bonds is 2. The normalized spacial score (nSPS) is 10.4. The lowest BCUT2D eigenvalue weighted by molar-refractivity contribution is 0.101. The number of carbonyl (C=O) groups excluding carboxylic acids is 1. The number of ketones is 1. The number of aromatic nitrogens is 3. The van der Waals surface area contributed by atoms with Crippen molar-refractivity contribution in [2.24, 2.45) is 0 Å². The van der Waals surface area contributed by atoms with Crippen molar-refractivity contribution in [3.8, 4) is 5.69 Å². The number of hydrogen-bond donors (Lipinski definition) is 0. The van der Waals surface area contributed by atoms with Crippen LogP contribution in [0.25, 0.3) is 5.69 Å². The SMILES string of the molecule is CC(=O)c1cnn(-c2cncc(Br)c2)c1C. The summed E-state index contributed by atoms with van der Waals surface area (Å²) >= 11 is 3.35. The molecule has 0 aromatic carbocycles. The molecule has 0 saturated carbocycles. The van der Waals surface area contributed by atoms with Crippen molar-refractivity contribution in [2.75, 3.05) is 0 Å². The van der Waals surface area contributed by atoms with Gasteiger partial charge >= 0.3 is 0 Å². The Morgan fingerprint density at radius 2 is 2.12 bits per heavy atom. The minimum absolute atomic E-state index is 0.0201. The van der Waals surface area contributed by atoms with Crippen LogP contribution in [-0.4, -0.2) is 20.5 Å². The Morgan fingerprint density at radius 3 is 2.69 bits per heavy atom. The molecule has 0 bridgehead atoms. The van der Waals surface area contributed by atoms with Gasteiger partial charge in [-0.25, -0.2) is 4.68 Å². The van der Waals surface area contributed by atoms with Crippen molar-refractivity contribution in [3.05, 3.63) is 40.4 Å². The molecule has 2 rings (SSSR count). The highest BCUT2D eigenvalue weighted by Gasteiger charge is 2.11. The molecule has 0 saturated heterocycles. The average Bonchev–Trinajstić information content (AvgIpc) is 2.60. The third-order valence-corrected chi connectivity index (χ3v) is 2.76. The summed E-state index contributed by atoms with van der Waals surface area (Å²) in [5.74, 6) is 0.0201. The van der Waals surface area contributed by atoms with Crippen molar-refractivity contribution in [3.63, 3.8) is 0 Å². The molecule has 0 aliphatic carbocycles. The van der Waals surface area contributed by atoms with Crippen LogP contribution >= 0.6 is 15.9 Å². The van der Waals surface area contributed by atoms with Gasteiger partial charge in [0, 0.05) is 10.7 Å². The average molecular weight is 280 g/mol. The molecule has 0 aliphatic rings. The zero-order valence-corrected chi connectivity index (χ0v) is 10.5. The van der Waals surface area contributed by atoms with Crippen LogP contribution in [0.1, 0.15) is 23.0 Å². The maximum absolute atomic E-state index is 11.3. The van der Waals surface area contributed by atoms with E-state index in [0.29, 0.717) is 5.56 Å². The van der Waals surface area contributed by atoms with E-state index in [1.54, 1.807) is 23.3 Å². The van der Waals surface area contributed by atoms with Gasteiger partial charge in [-0.05, 0) is 35.8 Å². The molecule has 0 N–H and O–H groups in total. The molecule has 5 heteroatoms. The van der Waals surface area contributed by atoms with Crippen LogP contribution in [0.3, 0.4) is 0 Å². The predicted molar refractivity (Wildman–Crippen MR) is 63.8 cm³/mol. The number of hydrogen-bond acceptors (Lipinski definition) is 3. The minimum Gasteiger partial charge on any atom is -0.294 e. The Labute approximate surface area is 101 Å². The van der Waals surface area contributed by atoms with Gasteiger partial charge in [0.15, 0.2) is 5.78 Å². The van der Waals surface area contributed by atoms with Gasteiger partial charge in [-0.1, -0.05) is 0 Å². The van der Waals surface area contributed by atoms with Gasteiger partial charge in [0.1, 0.15) is 0 Å². The molecule has 4 nitrogen and oxygen atoms in total. The van der Waals surface area contributed by atoms with Crippen molar-refractivity contribution in [2.45, 2.75) is 13.8 Å². The molecule has 0 fully saturated rings. The van der Waals surface area contributed by atoms with E-state index in [1.165, 1.54) is 6.92 Å². The maximum Gasteiger partial charge on any atom is 0.163 e. The zero-order chi connectivity index (χ0) is 11.7. The summed E-state index contributed by atoms with van der Waals surface area (Å²) in [5.41, 5.74) is 2.30. The van der Waals surface area contributed by atoms with Crippen LogP contribution in [0.15, 0.2) is 29.1 Å². The van der Waals surface area contributed by atoms with Gasteiger partial charge in [-0.3, -0.25) is 9.78 Å². The largest absolute Gasteiger partial charge is 0.294 e. The van der Waals surface area contributed by atoms with Gasteiger partial charge < -0.3 is 0 Å². The van der Waals surface area contributed by atoms with Gasteiger partial charge in [-0.2, -0.15) is 5.10 Å². The predicted octanol–water partition coefficient (Wildman–Crippen LogP) is 2.54. The van der Waals surface area contributed by atoms with E-state index in [0.717, 1.165) is 15.9 Å². The van der Waals surface area contributed by atoms with E-state index >= 15 is 0 Å². The highest BCUT2D eigenvalue weighted by molar-refractivity contribution is 9.10. The fourth-order valence-corrected chi connectivity index (χ4v) is 1.88. The summed E-state index contributed by atoms with van der Waals surface area (Å²) in [6.07, 6.45) is 4.99. The zero-order valence-electron chi connectivity index (χ0n) is 8.94. The summed E-state index contributed by atoms with van der Waals surface area (Å²) in [6.45, 7) is 3.40. The van der Waals surface area contributed by atoms with E-state index in [2.05, 4.69) is 26.0 Å². The first kappa shape index (κ1) is 11.0. The monoisotopic (exact) mass is 279 g/mol. The van der Waals surface area contributed by atoms with Gasteiger partial charge in [0.05, 0.1) is 29.3 Å². The third-order valence-electron chi connectivity index (χ3n) is 2.32. The number of pyridine rings is 1. The molecule has 0 spiro atoms. The van der Waals surface area contributed by atoms with Crippen molar-refractivity contribution < 1.29 is 4.79 Å². The van der Waals surface area contributed by atoms with Crippen LogP contribution < -0.4 is 0 Å². The summed E-state index contributed by atoms with van der Waals surface area (Å²) in [7, 11) is 0. The highest BCUT2D eigenvalue weighted by atomic mass is 79.9. The Kier molecular flexibility index (Phi) is 2.87. The molecule has 0 aliphatic heterocycles. The molecule has 0 unspecified atom stereocenters. The van der Waals surface area contributed by atoms with Crippen LogP contribution in [0.5, 0.6) is 0 Å². The lowest BCUT2D eigenvalue weighted by atomic mass is 10.2. The lowest BCUT2D eigenvalue weighted by Gasteiger charge is -2.04. The lowest BCUT2D eigenvalue weighted by Crippen LogP contribution is -2.01. The summed E-state index contributed by atoms with van der Waals surface area (Å²) in [5, 5.41) is 4.18. The van der Waals surface area contributed by atoms with Crippen LogP contribution in [0.2, 0.25) is 0 Å². The van der Waals surface area contributed by atoms with E-state index in [1.807, 2.05) is 13.0 Å². The van der Waals surface area contributed by atoms with Gasteiger partial charge in [-0.15, -0.1) is 0 Å². The van der Waals surface area contributed by atoms with Crippen molar-refractivity contribution in [1.82, 2.24) is 14.8 Å². The quantitative estimate of drug-likeness (QED) is 0.794. The van der Waals surface area contributed by atoms with Crippen molar-refractivity contribution >= 4 is 21.7 Å². The molecule has 2 aromatic heterocycles. The Hall–Kier alpha value is -1.49. The van der Waals surface area contributed by atoms with Crippen molar-refractivity contribution in [1.29, 1.82) is 0 Å². The summed E-state index contributed by atoms with van der Waals surface area (Å²) < 4.78 is 2.58. The Bertz CT molecular complexity index is 548. The van der Waals surface area contributed by atoms with Crippen LogP contribution in [-0.2, 0) is 0 Å². The Balaban J connectivity index is 2.53. The first-order valence-corrected chi connectivity index (χ1v) is 5.55. The topological polar surface area (TPSA) is 47.8 Å². The van der Waals surface area contributed by atoms with E-state index < -0.39 is 0 Å². The van der Waals surface area contributed by atoms with Gasteiger partial charge in [0.2, 0.25) is 0 Å². The van der Waals surface area contributed by atoms with Gasteiger partial charge in [0.25, 0.3) is 0 Å². The molecule has 2 heterocycles. The fourth-order valence-electron chi connectivity index (χ4n) is 1.53. The number of nitrogens with zero attached hydrogens (tertiary/aromatic N) is 3. The fraction of sp³-hybridized carbons (Fsp3) is 0.182. The van der Waals surface area contributed by atoms with Crippen LogP contribution in [0.4, 0.5) is 0 Å². The standard InChI is InChI=1S/C11H10BrN3O/c1-7-11(8(2)16)6-14-15(7)10-3-9(12)4-13-5-10/h3-6H,1-2H3. The second kappa shape index (κ2) is 4.17. The third kappa shape index (κ3) is 1.90. The van der Waals surface area contributed by atoms with E-state index in [9.17, 15) is 4.79 Å². The summed E-state index contributed by atoms with van der Waals surface area (Å²) in [4.78, 5) is 15.4. The molecule has 0 radical (unpaired) electrons. The second-order valence-corrected chi connectivity index (χ2v) is 4.39. The molecular formula is C11H10BrN3O. The summed E-state index contributed by atoms with van der Waals surface area (Å²) in [6, 6.07) is 1.90. The van der Waals surface area contributed by atoms with Crippen LogP contribution in [0, 0.1) is 6.92 Å². The molecule has 2 aromatic rings. The number of Topliss-reactive ketones (excluding diaryl/α,β-unsaturated/α-hetero) is 1. The Morgan fingerprint density at radius 1 is 1.38 bits per heavy atom. The molecule has 0 amide bonds. The van der Waals surface area contributed by atoms with E-state index in [-0.39, 0.29) is 5.78 Å². The molecular weight excluding hydrogens is 270 g/mol. The smallest absolute Gasteiger partial charge is 0.163 e. The molecule has 16 heavy (non-hydrogen) atoms. The number of carbonyl (C=O) groups is 1. The molecule has 82 valence electrons. The second-order valence-electron chi connectivity index (χ2n) is 3.47.